The van der Waals surface area contributed by atoms with Gasteiger partial charge < -0.3 is 10.2 Å². The Balaban J connectivity index is 1.42. The van der Waals surface area contributed by atoms with E-state index >= 15 is 0 Å². The number of hydrogen-bond donors (Lipinski definition) is 1. The van der Waals surface area contributed by atoms with Crippen molar-refractivity contribution in [3.63, 3.8) is 0 Å². The number of rotatable bonds is 3. The van der Waals surface area contributed by atoms with Gasteiger partial charge in [-0.05, 0) is 59.1 Å². The molecule has 4 rings (SSSR count). The number of aromatic nitrogens is 1. The first kappa shape index (κ1) is 17.9. The van der Waals surface area contributed by atoms with Crippen molar-refractivity contribution < 1.29 is 9.18 Å². The Labute approximate surface area is 165 Å². The van der Waals surface area contributed by atoms with Gasteiger partial charge in [-0.2, -0.15) is 0 Å². The smallest absolute Gasteiger partial charge is 0.227 e. The molecular weight excluding hydrogens is 409 g/mol. The van der Waals surface area contributed by atoms with E-state index in [-0.39, 0.29) is 17.6 Å². The van der Waals surface area contributed by atoms with Gasteiger partial charge in [0.1, 0.15) is 11.6 Å². The molecule has 0 spiro atoms. The summed E-state index contributed by atoms with van der Waals surface area (Å²) in [7, 11) is 0. The lowest BCUT2D eigenvalue weighted by atomic mass is 9.95. The second kappa shape index (κ2) is 7.64. The molecule has 1 aliphatic rings. The largest absolute Gasteiger partial charge is 0.357 e. The fourth-order valence-corrected chi connectivity index (χ4v) is 3.78. The minimum Gasteiger partial charge on any atom is -0.357 e. The van der Waals surface area contributed by atoms with Crippen molar-refractivity contribution in [3.8, 4) is 0 Å². The SMILES string of the molecule is O=C(Nc1ccccc1)C1CCN(c2ccc3cc(Br)c(F)cc3n2)CC1. The maximum Gasteiger partial charge on any atom is 0.227 e. The highest BCUT2D eigenvalue weighted by atomic mass is 79.9. The highest BCUT2D eigenvalue weighted by Crippen LogP contribution is 2.27. The van der Waals surface area contributed by atoms with Crippen molar-refractivity contribution >= 4 is 44.2 Å². The van der Waals surface area contributed by atoms with E-state index in [0.29, 0.717) is 9.99 Å². The molecule has 1 aliphatic heterocycles. The zero-order chi connectivity index (χ0) is 18.8. The monoisotopic (exact) mass is 427 g/mol. The summed E-state index contributed by atoms with van der Waals surface area (Å²) in [5.41, 5.74) is 1.46. The Morgan fingerprint density at radius 3 is 2.59 bits per heavy atom. The third-order valence-corrected chi connectivity index (χ3v) is 5.56. The lowest BCUT2D eigenvalue weighted by Crippen LogP contribution is -2.38. The van der Waals surface area contributed by atoms with E-state index in [1.165, 1.54) is 6.07 Å². The van der Waals surface area contributed by atoms with Crippen LogP contribution in [0.15, 0.2) is 59.1 Å². The summed E-state index contributed by atoms with van der Waals surface area (Å²) >= 11 is 3.20. The zero-order valence-corrected chi connectivity index (χ0v) is 16.2. The van der Waals surface area contributed by atoms with Gasteiger partial charge >= 0.3 is 0 Å². The van der Waals surface area contributed by atoms with Crippen molar-refractivity contribution in [1.29, 1.82) is 0 Å². The number of nitrogens with one attached hydrogen (secondary N) is 1. The number of piperidine rings is 1. The van der Waals surface area contributed by atoms with Crippen LogP contribution in [0.3, 0.4) is 0 Å². The molecule has 138 valence electrons. The molecule has 1 saturated heterocycles. The van der Waals surface area contributed by atoms with Crippen LogP contribution in [0.1, 0.15) is 12.8 Å². The summed E-state index contributed by atoms with van der Waals surface area (Å²) in [6, 6.07) is 16.6. The summed E-state index contributed by atoms with van der Waals surface area (Å²) < 4.78 is 14.2. The van der Waals surface area contributed by atoms with Crippen LogP contribution in [0.5, 0.6) is 0 Å². The van der Waals surface area contributed by atoms with Gasteiger partial charge in [0, 0.05) is 36.1 Å². The predicted molar refractivity (Wildman–Crippen MR) is 109 cm³/mol. The molecule has 1 aromatic heterocycles. The average Bonchev–Trinajstić information content (AvgIpc) is 2.69. The number of amides is 1. The van der Waals surface area contributed by atoms with Gasteiger partial charge in [0.15, 0.2) is 0 Å². The van der Waals surface area contributed by atoms with E-state index in [0.717, 1.165) is 42.8 Å². The Kier molecular flexibility index (Phi) is 5.07. The van der Waals surface area contributed by atoms with Crippen LogP contribution in [-0.4, -0.2) is 24.0 Å². The molecule has 27 heavy (non-hydrogen) atoms. The molecule has 1 amide bonds. The maximum absolute atomic E-state index is 13.8. The van der Waals surface area contributed by atoms with Gasteiger partial charge in [0.25, 0.3) is 0 Å². The van der Waals surface area contributed by atoms with Gasteiger partial charge in [-0.3, -0.25) is 4.79 Å². The third kappa shape index (κ3) is 3.95. The van der Waals surface area contributed by atoms with Crippen LogP contribution in [0.4, 0.5) is 15.9 Å². The van der Waals surface area contributed by atoms with Gasteiger partial charge in [-0.25, -0.2) is 9.37 Å². The number of halogens is 2. The van der Waals surface area contributed by atoms with Gasteiger partial charge in [0.05, 0.1) is 9.99 Å². The number of pyridine rings is 1. The fraction of sp³-hybridized carbons (Fsp3) is 0.238. The molecule has 0 bridgehead atoms. The van der Waals surface area contributed by atoms with Gasteiger partial charge in [-0.1, -0.05) is 18.2 Å². The predicted octanol–water partition coefficient (Wildman–Crippen LogP) is 4.99. The van der Waals surface area contributed by atoms with Crippen molar-refractivity contribution in [2.75, 3.05) is 23.3 Å². The van der Waals surface area contributed by atoms with Crippen LogP contribution in [-0.2, 0) is 4.79 Å². The second-order valence-electron chi connectivity index (χ2n) is 6.75. The van der Waals surface area contributed by atoms with E-state index in [9.17, 15) is 9.18 Å². The Morgan fingerprint density at radius 2 is 1.85 bits per heavy atom. The molecule has 1 N–H and O–H groups in total. The summed E-state index contributed by atoms with van der Waals surface area (Å²) in [6.07, 6.45) is 1.54. The van der Waals surface area contributed by atoms with Crippen molar-refractivity contribution in [3.05, 3.63) is 64.9 Å². The molecular formula is C21H19BrFN3O. The van der Waals surface area contributed by atoms with E-state index in [1.54, 1.807) is 6.07 Å². The summed E-state index contributed by atoms with van der Waals surface area (Å²) in [5, 5.41) is 3.88. The molecule has 0 atom stereocenters. The minimum absolute atomic E-state index is 0.00434. The van der Waals surface area contributed by atoms with E-state index < -0.39 is 0 Å². The van der Waals surface area contributed by atoms with Crippen molar-refractivity contribution in [2.24, 2.45) is 5.92 Å². The van der Waals surface area contributed by atoms with Crippen LogP contribution in [0.25, 0.3) is 10.9 Å². The number of para-hydroxylation sites is 1. The molecule has 0 radical (unpaired) electrons. The van der Waals surface area contributed by atoms with Crippen LogP contribution in [0, 0.1) is 11.7 Å². The van der Waals surface area contributed by atoms with Gasteiger partial charge in [-0.15, -0.1) is 0 Å². The van der Waals surface area contributed by atoms with E-state index in [4.69, 9.17) is 0 Å². The summed E-state index contributed by atoms with van der Waals surface area (Å²) in [4.78, 5) is 19.2. The standard InChI is InChI=1S/C21H19BrFN3O/c22-17-12-15-6-7-20(25-19(15)13-18(17)23)26-10-8-14(9-11-26)21(27)24-16-4-2-1-3-5-16/h1-7,12-14H,8-11H2,(H,24,27). The number of carbonyl (C=O) groups excluding carboxylic acids is 1. The molecule has 2 aromatic carbocycles. The molecule has 0 aliphatic carbocycles. The highest BCUT2D eigenvalue weighted by molar-refractivity contribution is 9.10. The summed E-state index contributed by atoms with van der Waals surface area (Å²) in [6.45, 7) is 1.51. The summed E-state index contributed by atoms with van der Waals surface area (Å²) in [5.74, 6) is 0.573. The van der Waals surface area contributed by atoms with E-state index in [2.05, 4.69) is 31.1 Å². The Morgan fingerprint density at radius 1 is 1.11 bits per heavy atom. The maximum atomic E-state index is 13.8. The zero-order valence-electron chi connectivity index (χ0n) is 14.7. The molecule has 2 heterocycles. The first-order valence-electron chi connectivity index (χ1n) is 8.97. The lowest BCUT2D eigenvalue weighted by molar-refractivity contribution is -0.120. The number of nitrogens with zero attached hydrogens (tertiary/aromatic N) is 2. The first-order valence-corrected chi connectivity index (χ1v) is 9.76. The molecule has 0 unspecified atom stereocenters. The highest BCUT2D eigenvalue weighted by Gasteiger charge is 2.25. The topological polar surface area (TPSA) is 45.2 Å². The molecule has 6 heteroatoms. The van der Waals surface area contributed by atoms with Crippen LogP contribution in [0.2, 0.25) is 0 Å². The second-order valence-corrected chi connectivity index (χ2v) is 7.60. The number of hydrogen-bond acceptors (Lipinski definition) is 3. The fourth-order valence-electron chi connectivity index (χ4n) is 3.42. The molecule has 3 aromatic rings. The molecule has 0 saturated carbocycles. The van der Waals surface area contributed by atoms with Crippen LogP contribution >= 0.6 is 15.9 Å². The lowest BCUT2D eigenvalue weighted by Gasteiger charge is -2.32. The Hall–Kier alpha value is -2.47. The number of anilines is 2. The van der Waals surface area contributed by atoms with Crippen molar-refractivity contribution in [2.45, 2.75) is 12.8 Å². The first-order chi connectivity index (χ1) is 13.1. The third-order valence-electron chi connectivity index (χ3n) is 4.95. The normalized spacial score (nSPS) is 15.1. The van der Waals surface area contributed by atoms with Crippen LogP contribution < -0.4 is 10.2 Å². The minimum atomic E-state index is -0.316. The van der Waals surface area contributed by atoms with Crippen molar-refractivity contribution in [1.82, 2.24) is 4.98 Å². The molecule has 4 nitrogen and oxygen atoms in total. The number of carbonyl (C=O) groups is 1. The van der Waals surface area contributed by atoms with E-state index in [1.807, 2.05) is 42.5 Å². The van der Waals surface area contributed by atoms with Gasteiger partial charge in [0.2, 0.25) is 5.91 Å². The average molecular weight is 428 g/mol. The quantitative estimate of drug-likeness (QED) is 0.639. The number of benzene rings is 2. The Bertz CT molecular complexity index is 972. The number of fused-ring (bicyclic) bond motifs is 1. The molecule has 1 fully saturated rings.